The summed E-state index contributed by atoms with van der Waals surface area (Å²) < 4.78 is 11.1. The molecule has 1 saturated heterocycles. The molecule has 0 aliphatic carbocycles. The lowest BCUT2D eigenvalue weighted by atomic mass is 10.0. The first-order chi connectivity index (χ1) is 12.9. The van der Waals surface area contributed by atoms with Gasteiger partial charge in [-0.3, -0.25) is 9.59 Å². The molecule has 0 spiro atoms. The van der Waals surface area contributed by atoms with E-state index in [1.165, 1.54) is 6.42 Å². The molecule has 3 rings (SSSR count). The van der Waals surface area contributed by atoms with Crippen LogP contribution in [0.4, 0.5) is 5.69 Å². The Morgan fingerprint density at radius 1 is 1.19 bits per heavy atom. The normalized spacial score (nSPS) is 20.1. The molecule has 2 amide bonds. The van der Waals surface area contributed by atoms with Crippen LogP contribution in [0.15, 0.2) is 18.2 Å². The number of hydrogen-bond acceptors (Lipinski definition) is 4. The van der Waals surface area contributed by atoms with Gasteiger partial charge in [0.15, 0.2) is 11.5 Å². The van der Waals surface area contributed by atoms with Gasteiger partial charge in [0.05, 0.1) is 5.92 Å². The van der Waals surface area contributed by atoms with Gasteiger partial charge in [-0.2, -0.15) is 0 Å². The van der Waals surface area contributed by atoms with Crippen LogP contribution < -0.4 is 19.7 Å². The molecule has 1 fully saturated rings. The van der Waals surface area contributed by atoms with Crippen molar-refractivity contribution in [1.82, 2.24) is 5.32 Å². The number of ether oxygens (including phenoxy) is 2. The Bertz CT molecular complexity index is 689. The molecule has 0 bridgehead atoms. The van der Waals surface area contributed by atoms with Gasteiger partial charge >= 0.3 is 0 Å². The number of anilines is 1. The number of rotatable bonds is 7. The fourth-order valence-electron chi connectivity index (χ4n) is 3.60. The first-order valence-electron chi connectivity index (χ1n) is 9.94. The van der Waals surface area contributed by atoms with Crippen molar-refractivity contribution < 1.29 is 19.1 Å². The number of carbonyl (C=O) groups is 2. The molecule has 2 aliphatic rings. The predicted molar refractivity (Wildman–Crippen MR) is 104 cm³/mol. The van der Waals surface area contributed by atoms with Crippen LogP contribution in [0.2, 0.25) is 0 Å². The second kappa shape index (κ2) is 8.63. The summed E-state index contributed by atoms with van der Waals surface area (Å²) in [5.41, 5.74) is 0.754. The van der Waals surface area contributed by atoms with E-state index in [9.17, 15) is 9.59 Å². The van der Waals surface area contributed by atoms with Crippen LogP contribution in [0.1, 0.15) is 46.5 Å². The Hall–Kier alpha value is -2.24. The van der Waals surface area contributed by atoms with E-state index in [1.54, 1.807) is 4.90 Å². The second-order valence-corrected chi connectivity index (χ2v) is 7.97. The summed E-state index contributed by atoms with van der Waals surface area (Å²) in [5.74, 6) is 1.66. The van der Waals surface area contributed by atoms with Gasteiger partial charge < -0.3 is 19.7 Å². The van der Waals surface area contributed by atoms with Crippen molar-refractivity contribution in [3.05, 3.63) is 18.2 Å². The molecule has 148 valence electrons. The molecule has 6 heteroatoms. The van der Waals surface area contributed by atoms with Gasteiger partial charge in [0, 0.05) is 30.8 Å². The van der Waals surface area contributed by atoms with Crippen molar-refractivity contribution >= 4 is 17.5 Å². The smallest absolute Gasteiger partial charge is 0.227 e. The number of hydrogen-bond donors (Lipinski definition) is 1. The number of fused-ring (bicyclic) bond motifs is 1. The van der Waals surface area contributed by atoms with Crippen molar-refractivity contribution in [2.24, 2.45) is 11.8 Å². The second-order valence-electron chi connectivity index (χ2n) is 7.97. The average Bonchev–Trinajstić information content (AvgIpc) is 3.03. The Labute approximate surface area is 161 Å². The molecular formula is C21H30N2O4. The maximum Gasteiger partial charge on any atom is 0.227 e. The minimum absolute atomic E-state index is 0.0274. The minimum Gasteiger partial charge on any atom is -0.486 e. The van der Waals surface area contributed by atoms with Crippen LogP contribution in [0.5, 0.6) is 11.5 Å². The zero-order valence-corrected chi connectivity index (χ0v) is 16.5. The topological polar surface area (TPSA) is 67.9 Å². The van der Waals surface area contributed by atoms with Gasteiger partial charge in [-0.15, -0.1) is 0 Å². The van der Waals surface area contributed by atoms with Crippen molar-refractivity contribution in [2.45, 2.75) is 52.5 Å². The monoisotopic (exact) mass is 374 g/mol. The molecule has 2 aliphatic heterocycles. The van der Waals surface area contributed by atoms with Gasteiger partial charge in [-0.25, -0.2) is 0 Å². The maximum absolute atomic E-state index is 12.6. The SMILES string of the molecule is CC(C)CCC[C@@H](C)NC(=O)[C@@H]1CC(=O)N(c2ccc3c(c2)OCCO3)C1. The van der Waals surface area contributed by atoms with Crippen molar-refractivity contribution in [3.63, 3.8) is 0 Å². The van der Waals surface area contributed by atoms with Crippen molar-refractivity contribution in [3.8, 4) is 11.5 Å². The molecular weight excluding hydrogens is 344 g/mol. The zero-order valence-electron chi connectivity index (χ0n) is 16.5. The van der Waals surface area contributed by atoms with E-state index in [0.717, 1.165) is 18.5 Å². The minimum atomic E-state index is -0.307. The number of benzene rings is 1. The van der Waals surface area contributed by atoms with Crippen molar-refractivity contribution in [2.75, 3.05) is 24.7 Å². The van der Waals surface area contributed by atoms with Gasteiger partial charge in [0.25, 0.3) is 0 Å². The highest BCUT2D eigenvalue weighted by Gasteiger charge is 2.35. The van der Waals surface area contributed by atoms with Gasteiger partial charge in [0.1, 0.15) is 13.2 Å². The first kappa shape index (κ1) is 19.5. The average molecular weight is 374 g/mol. The molecule has 1 aromatic carbocycles. The van der Waals surface area contributed by atoms with Crippen LogP contribution in [0, 0.1) is 11.8 Å². The Balaban J connectivity index is 1.56. The third kappa shape index (κ3) is 4.93. The number of carbonyl (C=O) groups excluding carboxylic acids is 2. The molecule has 27 heavy (non-hydrogen) atoms. The van der Waals surface area contributed by atoms with Crippen LogP contribution >= 0.6 is 0 Å². The lowest BCUT2D eigenvalue weighted by molar-refractivity contribution is -0.126. The highest BCUT2D eigenvalue weighted by Crippen LogP contribution is 2.36. The Kier molecular flexibility index (Phi) is 6.24. The van der Waals surface area contributed by atoms with E-state index in [-0.39, 0.29) is 30.2 Å². The quantitative estimate of drug-likeness (QED) is 0.796. The Morgan fingerprint density at radius 3 is 2.67 bits per heavy atom. The molecule has 0 saturated carbocycles. The van der Waals surface area contributed by atoms with E-state index in [0.29, 0.717) is 37.2 Å². The summed E-state index contributed by atoms with van der Waals surface area (Å²) in [6, 6.07) is 5.62. The molecule has 2 heterocycles. The van der Waals surface area contributed by atoms with E-state index >= 15 is 0 Å². The summed E-state index contributed by atoms with van der Waals surface area (Å²) in [6.07, 6.45) is 3.49. The van der Waals surface area contributed by atoms with Crippen LogP contribution in [0.25, 0.3) is 0 Å². The predicted octanol–water partition coefficient (Wildman–Crippen LogP) is 3.14. The third-order valence-electron chi connectivity index (χ3n) is 5.14. The van der Waals surface area contributed by atoms with Crippen molar-refractivity contribution in [1.29, 1.82) is 0 Å². The van der Waals surface area contributed by atoms with Crippen LogP contribution in [-0.2, 0) is 9.59 Å². The van der Waals surface area contributed by atoms with Crippen LogP contribution in [0.3, 0.4) is 0 Å². The fourth-order valence-corrected chi connectivity index (χ4v) is 3.60. The van der Waals surface area contributed by atoms with Crippen LogP contribution in [-0.4, -0.2) is 37.6 Å². The lowest BCUT2D eigenvalue weighted by Crippen LogP contribution is -2.38. The molecule has 0 unspecified atom stereocenters. The molecule has 2 atom stereocenters. The highest BCUT2D eigenvalue weighted by molar-refractivity contribution is 6.00. The molecule has 0 aromatic heterocycles. The van der Waals surface area contributed by atoms with E-state index in [4.69, 9.17) is 9.47 Å². The van der Waals surface area contributed by atoms with E-state index in [2.05, 4.69) is 19.2 Å². The number of amides is 2. The fraction of sp³-hybridized carbons (Fsp3) is 0.619. The standard InChI is InChI=1S/C21H30N2O4/c1-14(2)5-4-6-15(3)22-21(25)16-11-20(24)23(13-16)17-7-8-18-19(12-17)27-10-9-26-18/h7-8,12,14-16H,4-6,9-11,13H2,1-3H3,(H,22,25)/t15-,16-/m1/s1. The van der Waals surface area contributed by atoms with Gasteiger partial charge in [0.2, 0.25) is 11.8 Å². The Morgan fingerprint density at radius 2 is 1.93 bits per heavy atom. The first-order valence-corrected chi connectivity index (χ1v) is 9.94. The summed E-state index contributed by atoms with van der Waals surface area (Å²) in [6.45, 7) is 7.90. The number of nitrogens with zero attached hydrogens (tertiary/aromatic N) is 1. The largest absolute Gasteiger partial charge is 0.486 e. The summed E-state index contributed by atoms with van der Waals surface area (Å²) in [4.78, 5) is 26.7. The summed E-state index contributed by atoms with van der Waals surface area (Å²) in [7, 11) is 0. The van der Waals surface area contributed by atoms with E-state index in [1.807, 2.05) is 25.1 Å². The van der Waals surface area contributed by atoms with Gasteiger partial charge in [-0.05, 0) is 31.4 Å². The lowest BCUT2D eigenvalue weighted by Gasteiger charge is -2.22. The zero-order chi connectivity index (χ0) is 19.4. The molecule has 1 aromatic rings. The summed E-state index contributed by atoms with van der Waals surface area (Å²) >= 11 is 0. The molecule has 6 nitrogen and oxygen atoms in total. The van der Waals surface area contributed by atoms with E-state index < -0.39 is 0 Å². The third-order valence-corrected chi connectivity index (χ3v) is 5.14. The highest BCUT2D eigenvalue weighted by atomic mass is 16.6. The molecule has 0 radical (unpaired) electrons. The summed E-state index contributed by atoms with van der Waals surface area (Å²) in [5, 5.41) is 3.08. The number of nitrogens with one attached hydrogen (secondary N) is 1. The molecule has 1 N–H and O–H groups in total. The maximum atomic E-state index is 12.6. The van der Waals surface area contributed by atoms with Gasteiger partial charge in [-0.1, -0.05) is 26.7 Å².